The van der Waals surface area contributed by atoms with E-state index in [2.05, 4.69) is 9.97 Å². The molecule has 0 bridgehead atoms. The molecule has 1 heterocycles. The molecular weight excluding hydrogens is 186 g/mol. The van der Waals surface area contributed by atoms with Crippen molar-refractivity contribution in [1.29, 1.82) is 0 Å². The van der Waals surface area contributed by atoms with E-state index < -0.39 is 0 Å². The standard InChI is InChI=1S/C12H13N3/c1-10-8-13-9-12(14-10)15(2)11-6-4-3-5-7-11/h3-9H,1-2H3. The highest BCUT2D eigenvalue weighted by Crippen LogP contribution is 2.19. The van der Waals surface area contributed by atoms with E-state index in [0.29, 0.717) is 0 Å². The molecule has 0 aliphatic heterocycles. The molecule has 0 radical (unpaired) electrons. The lowest BCUT2D eigenvalue weighted by Crippen LogP contribution is -2.11. The quantitative estimate of drug-likeness (QED) is 0.744. The molecule has 0 aliphatic rings. The van der Waals surface area contributed by atoms with Gasteiger partial charge in [-0.05, 0) is 19.1 Å². The van der Waals surface area contributed by atoms with Crippen LogP contribution in [-0.2, 0) is 0 Å². The third kappa shape index (κ3) is 2.13. The maximum Gasteiger partial charge on any atom is 0.151 e. The van der Waals surface area contributed by atoms with Gasteiger partial charge >= 0.3 is 0 Å². The highest BCUT2D eigenvalue weighted by Gasteiger charge is 2.04. The molecule has 0 spiro atoms. The van der Waals surface area contributed by atoms with Crippen LogP contribution in [0.2, 0.25) is 0 Å². The molecule has 2 rings (SSSR count). The third-order valence-electron chi connectivity index (χ3n) is 2.23. The predicted octanol–water partition coefficient (Wildman–Crippen LogP) is 2.55. The summed E-state index contributed by atoms with van der Waals surface area (Å²) in [7, 11) is 1.98. The van der Waals surface area contributed by atoms with Crippen molar-refractivity contribution < 1.29 is 0 Å². The van der Waals surface area contributed by atoms with Crippen molar-refractivity contribution >= 4 is 11.5 Å². The molecule has 76 valence electrons. The van der Waals surface area contributed by atoms with Crippen molar-refractivity contribution in [2.75, 3.05) is 11.9 Å². The average molecular weight is 199 g/mol. The molecule has 0 N–H and O–H groups in total. The Balaban J connectivity index is 2.32. The minimum atomic E-state index is 0.862. The van der Waals surface area contributed by atoms with Gasteiger partial charge in [0.25, 0.3) is 0 Å². The SMILES string of the molecule is Cc1cncc(N(C)c2ccccc2)n1. The summed E-state index contributed by atoms with van der Waals surface area (Å²) in [6.45, 7) is 1.94. The second kappa shape index (κ2) is 4.09. The summed E-state index contributed by atoms with van der Waals surface area (Å²) >= 11 is 0. The van der Waals surface area contributed by atoms with Crippen LogP contribution in [0, 0.1) is 6.92 Å². The highest BCUT2D eigenvalue weighted by atomic mass is 15.2. The van der Waals surface area contributed by atoms with Crippen molar-refractivity contribution in [1.82, 2.24) is 9.97 Å². The number of aryl methyl sites for hydroxylation is 1. The number of hydrogen-bond acceptors (Lipinski definition) is 3. The van der Waals surface area contributed by atoms with E-state index in [0.717, 1.165) is 17.2 Å². The molecule has 1 aromatic heterocycles. The number of para-hydroxylation sites is 1. The van der Waals surface area contributed by atoms with Crippen molar-refractivity contribution in [3.05, 3.63) is 48.4 Å². The van der Waals surface area contributed by atoms with Crippen molar-refractivity contribution in [3.8, 4) is 0 Å². The molecule has 3 nitrogen and oxygen atoms in total. The number of aromatic nitrogens is 2. The van der Waals surface area contributed by atoms with Gasteiger partial charge in [0, 0.05) is 18.9 Å². The third-order valence-corrected chi connectivity index (χ3v) is 2.23. The van der Waals surface area contributed by atoms with E-state index in [4.69, 9.17) is 0 Å². The van der Waals surface area contributed by atoms with Gasteiger partial charge in [-0.15, -0.1) is 0 Å². The van der Waals surface area contributed by atoms with Gasteiger partial charge in [-0.1, -0.05) is 18.2 Å². The van der Waals surface area contributed by atoms with Gasteiger partial charge < -0.3 is 4.90 Å². The fraction of sp³-hybridized carbons (Fsp3) is 0.167. The Hall–Kier alpha value is -1.90. The van der Waals surface area contributed by atoms with E-state index in [1.54, 1.807) is 12.4 Å². The summed E-state index contributed by atoms with van der Waals surface area (Å²) in [5.74, 6) is 0.862. The molecule has 15 heavy (non-hydrogen) atoms. The minimum Gasteiger partial charge on any atom is -0.328 e. The van der Waals surface area contributed by atoms with Crippen LogP contribution in [0.5, 0.6) is 0 Å². The van der Waals surface area contributed by atoms with Crippen molar-refractivity contribution in [3.63, 3.8) is 0 Å². The number of rotatable bonds is 2. The molecule has 0 fully saturated rings. The summed E-state index contributed by atoms with van der Waals surface area (Å²) < 4.78 is 0. The van der Waals surface area contributed by atoms with Crippen molar-refractivity contribution in [2.24, 2.45) is 0 Å². The van der Waals surface area contributed by atoms with Gasteiger partial charge in [-0.25, -0.2) is 4.98 Å². The minimum absolute atomic E-state index is 0.862. The Bertz CT molecular complexity index is 440. The summed E-state index contributed by atoms with van der Waals surface area (Å²) in [6.07, 6.45) is 3.52. The Kier molecular flexibility index (Phi) is 2.63. The fourth-order valence-electron chi connectivity index (χ4n) is 1.40. The molecule has 0 saturated carbocycles. The Morgan fingerprint density at radius 3 is 2.47 bits per heavy atom. The van der Waals surface area contributed by atoms with Gasteiger partial charge in [-0.3, -0.25) is 4.98 Å². The zero-order valence-electron chi connectivity index (χ0n) is 8.88. The van der Waals surface area contributed by atoms with Crippen LogP contribution in [0.3, 0.4) is 0 Å². The molecule has 0 aliphatic carbocycles. The maximum absolute atomic E-state index is 4.41. The zero-order valence-corrected chi connectivity index (χ0v) is 8.88. The molecule has 0 saturated heterocycles. The summed E-state index contributed by atoms with van der Waals surface area (Å²) in [4.78, 5) is 10.6. The first-order valence-electron chi connectivity index (χ1n) is 4.85. The summed E-state index contributed by atoms with van der Waals surface area (Å²) in [5, 5.41) is 0. The first kappa shape index (κ1) is 9.65. The molecule has 0 atom stereocenters. The first-order chi connectivity index (χ1) is 7.27. The average Bonchev–Trinajstić information content (AvgIpc) is 2.29. The number of hydrogen-bond donors (Lipinski definition) is 0. The molecule has 3 heteroatoms. The second-order valence-corrected chi connectivity index (χ2v) is 3.41. The largest absolute Gasteiger partial charge is 0.328 e. The number of anilines is 2. The van der Waals surface area contributed by atoms with E-state index in [1.165, 1.54) is 0 Å². The topological polar surface area (TPSA) is 29.0 Å². The van der Waals surface area contributed by atoms with Crippen molar-refractivity contribution in [2.45, 2.75) is 6.92 Å². The first-order valence-corrected chi connectivity index (χ1v) is 4.85. The van der Waals surface area contributed by atoms with Crippen LogP contribution in [0.1, 0.15) is 5.69 Å². The van der Waals surface area contributed by atoms with Crippen LogP contribution in [0.4, 0.5) is 11.5 Å². The fourth-order valence-corrected chi connectivity index (χ4v) is 1.40. The normalized spacial score (nSPS) is 10.0. The smallest absolute Gasteiger partial charge is 0.151 e. The Morgan fingerprint density at radius 1 is 1.07 bits per heavy atom. The Morgan fingerprint density at radius 2 is 1.80 bits per heavy atom. The van der Waals surface area contributed by atoms with Crippen LogP contribution >= 0.6 is 0 Å². The molecule has 1 aromatic carbocycles. The lowest BCUT2D eigenvalue weighted by atomic mass is 10.3. The van der Waals surface area contributed by atoms with Gasteiger partial charge in [0.2, 0.25) is 0 Å². The predicted molar refractivity (Wildman–Crippen MR) is 61.3 cm³/mol. The van der Waals surface area contributed by atoms with Crippen LogP contribution in [-0.4, -0.2) is 17.0 Å². The van der Waals surface area contributed by atoms with Crippen LogP contribution in [0.25, 0.3) is 0 Å². The molecule has 0 amide bonds. The van der Waals surface area contributed by atoms with E-state index in [-0.39, 0.29) is 0 Å². The van der Waals surface area contributed by atoms with E-state index in [9.17, 15) is 0 Å². The van der Waals surface area contributed by atoms with Gasteiger partial charge in [0.1, 0.15) is 0 Å². The summed E-state index contributed by atoms with van der Waals surface area (Å²) in [5.41, 5.74) is 2.03. The summed E-state index contributed by atoms with van der Waals surface area (Å²) in [6, 6.07) is 10.1. The maximum atomic E-state index is 4.41. The number of benzene rings is 1. The zero-order chi connectivity index (χ0) is 10.7. The van der Waals surface area contributed by atoms with Crippen LogP contribution < -0.4 is 4.90 Å². The van der Waals surface area contributed by atoms with Gasteiger partial charge in [0.05, 0.1) is 11.9 Å². The highest BCUT2D eigenvalue weighted by molar-refractivity contribution is 5.57. The second-order valence-electron chi connectivity index (χ2n) is 3.41. The van der Waals surface area contributed by atoms with Gasteiger partial charge in [0.15, 0.2) is 5.82 Å². The Labute approximate surface area is 89.4 Å². The molecule has 0 unspecified atom stereocenters. The molecule has 2 aromatic rings. The lowest BCUT2D eigenvalue weighted by molar-refractivity contribution is 1.05. The van der Waals surface area contributed by atoms with Crippen LogP contribution in [0.15, 0.2) is 42.7 Å². The van der Waals surface area contributed by atoms with E-state index >= 15 is 0 Å². The lowest BCUT2D eigenvalue weighted by Gasteiger charge is -2.17. The van der Waals surface area contributed by atoms with Gasteiger partial charge in [-0.2, -0.15) is 0 Å². The molecular formula is C12H13N3. The monoisotopic (exact) mass is 199 g/mol. The number of nitrogens with zero attached hydrogens (tertiary/aromatic N) is 3. The van der Waals surface area contributed by atoms with E-state index in [1.807, 2.05) is 49.2 Å².